The number of nitrogens with zero attached hydrogens (tertiary/aromatic N) is 2. The molecule has 0 saturated heterocycles. The van der Waals surface area contributed by atoms with E-state index in [-0.39, 0.29) is 12.4 Å². The second-order valence-corrected chi connectivity index (χ2v) is 9.05. The van der Waals surface area contributed by atoms with E-state index in [0.29, 0.717) is 0 Å². The highest BCUT2D eigenvalue weighted by Gasteiger charge is 2.37. The summed E-state index contributed by atoms with van der Waals surface area (Å²) in [6.07, 6.45) is 12.4. The van der Waals surface area contributed by atoms with Crippen LogP contribution in [0.3, 0.4) is 0 Å². The Balaban J connectivity index is 0.00000242. The first-order valence-electron chi connectivity index (χ1n) is 8.06. The molecule has 1 fully saturated rings. The smallest absolute Gasteiger partial charge is 0.377 e. The maximum absolute atomic E-state index is 5.46. The first-order chi connectivity index (χ1) is 10.2. The van der Waals surface area contributed by atoms with Crippen LogP contribution in [0.15, 0.2) is 12.4 Å². The van der Waals surface area contributed by atoms with E-state index in [1.165, 1.54) is 32.1 Å². The van der Waals surface area contributed by atoms with Crippen molar-refractivity contribution in [3.63, 3.8) is 0 Å². The van der Waals surface area contributed by atoms with Gasteiger partial charge in [0.25, 0.3) is 0 Å². The van der Waals surface area contributed by atoms with Crippen LogP contribution in [0, 0.1) is 0 Å². The molecule has 0 bridgehead atoms. The topological polar surface area (TPSA) is 34.2 Å². The summed E-state index contributed by atoms with van der Waals surface area (Å²) >= 11 is 0. The highest BCUT2D eigenvalue weighted by molar-refractivity contribution is 6.60. The fourth-order valence-corrected chi connectivity index (χ4v) is 5.04. The molecule has 130 valence electrons. The van der Waals surface area contributed by atoms with Crippen molar-refractivity contribution in [2.45, 2.75) is 50.6 Å². The largest absolute Gasteiger partial charge is 0.500 e. The molecule has 0 N–H and O–H groups in total. The molecule has 1 heterocycles. The van der Waals surface area contributed by atoms with Crippen LogP contribution in [0.2, 0.25) is 6.04 Å². The lowest BCUT2D eigenvalue weighted by Crippen LogP contribution is -2.43. The summed E-state index contributed by atoms with van der Waals surface area (Å²) in [7, 11) is 2.64. The van der Waals surface area contributed by atoms with Gasteiger partial charge in [0.15, 0.2) is 0 Å². The minimum Gasteiger partial charge on any atom is -0.377 e. The summed E-state index contributed by atoms with van der Waals surface area (Å²) in [6, 6.07) is 1.62. The van der Waals surface area contributed by atoms with Crippen LogP contribution in [-0.2, 0) is 13.3 Å². The van der Waals surface area contributed by atoms with Crippen LogP contribution in [-0.4, -0.2) is 59.2 Å². The molecular weight excluding hydrogens is 320 g/mol. The van der Waals surface area contributed by atoms with E-state index < -0.39 is 8.80 Å². The highest BCUT2D eigenvalue weighted by atomic mass is 35.5. The third-order valence-electron chi connectivity index (χ3n) is 4.72. The molecule has 0 aromatic heterocycles. The van der Waals surface area contributed by atoms with E-state index in [9.17, 15) is 0 Å². The van der Waals surface area contributed by atoms with Crippen molar-refractivity contribution in [1.82, 2.24) is 9.80 Å². The summed E-state index contributed by atoms with van der Waals surface area (Å²) in [5.41, 5.74) is 0. The average Bonchev–Trinajstić information content (AvgIpc) is 3.02. The normalized spacial score (nSPS) is 19.6. The molecule has 0 amide bonds. The maximum atomic E-state index is 5.46. The van der Waals surface area contributed by atoms with Crippen molar-refractivity contribution in [2.75, 3.05) is 34.5 Å². The van der Waals surface area contributed by atoms with Gasteiger partial charge in [-0.05, 0) is 19.3 Å². The monoisotopic (exact) mass is 350 g/mol. The molecule has 0 aromatic rings. The van der Waals surface area contributed by atoms with Gasteiger partial charge in [0, 0.05) is 52.4 Å². The third-order valence-corrected chi connectivity index (χ3v) is 7.55. The minimum absolute atomic E-state index is 0. The summed E-state index contributed by atoms with van der Waals surface area (Å²) in [6.45, 7) is 2.07. The lowest BCUT2D eigenvalue weighted by atomic mass is 9.95. The highest BCUT2D eigenvalue weighted by Crippen LogP contribution is 2.25. The van der Waals surface area contributed by atoms with E-state index in [1.807, 2.05) is 0 Å². The molecule has 0 unspecified atom stereocenters. The van der Waals surface area contributed by atoms with Gasteiger partial charge in [-0.3, -0.25) is 0 Å². The Kier molecular flexibility index (Phi) is 8.78. The molecule has 1 saturated carbocycles. The van der Waals surface area contributed by atoms with E-state index in [4.69, 9.17) is 13.3 Å². The number of hydrogen-bond donors (Lipinski definition) is 0. The van der Waals surface area contributed by atoms with Gasteiger partial charge in [-0.25, -0.2) is 0 Å². The number of halogens is 1. The summed E-state index contributed by atoms with van der Waals surface area (Å²) in [5, 5.41) is 0. The molecule has 0 radical (unpaired) electrons. The quantitative estimate of drug-likeness (QED) is 0.628. The third kappa shape index (κ3) is 5.13. The van der Waals surface area contributed by atoms with E-state index in [0.717, 1.165) is 31.7 Å². The molecule has 5 nitrogen and oxygen atoms in total. The molecule has 1 aliphatic heterocycles. The second kappa shape index (κ2) is 9.77. The standard InChI is InChI=1S/C15H30N2O3Si.ClH/c1-18-21(19-2,20-3)13-7-10-16-11-12-17(14-16)15-8-5-4-6-9-15;/h11-12,15H,4-10,13-14H2,1-3H3;1H. The van der Waals surface area contributed by atoms with E-state index >= 15 is 0 Å². The molecule has 2 aliphatic rings. The zero-order valence-corrected chi connectivity index (χ0v) is 15.9. The second-order valence-electron chi connectivity index (χ2n) is 5.96. The lowest BCUT2D eigenvalue weighted by molar-refractivity contribution is 0.121. The molecule has 1 aliphatic carbocycles. The molecule has 7 heteroatoms. The van der Waals surface area contributed by atoms with E-state index in [1.54, 1.807) is 21.3 Å². The molecule has 22 heavy (non-hydrogen) atoms. The fourth-order valence-electron chi connectivity index (χ4n) is 3.33. The molecular formula is C15H31ClN2O3Si. The van der Waals surface area contributed by atoms with Crippen molar-refractivity contribution < 1.29 is 13.3 Å². The van der Waals surface area contributed by atoms with Gasteiger partial charge in [-0.2, -0.15) is 0 Å². The first-order valence-corrected chi connectivity index (χ1v) is 10.00. The first kappa shape index (κ1) is 19.8. The molecule has 0 atom stereocenters. The van der Waals surface area contributed by atoms with Crippen LogP contribution in [0.25, 0.3) is 0 Å². The predicted molar refractivity (Wildman–Crippen MR) is 92.9 cm³/mol. The molecule has 2 rings (SSSR count). The minimum atomic E-state index is -2.40. The van der Waals surface area contributed by atoms with Crippen molar-refractivity contribution >= 4 is 21.2 Å². The van der Waals surface area contributed by atoms with Gasteiger partial charge in [-0.15, -0.1) is 12.4 Å². The van der Waals surface area contributed by atoms with Crippen molar-refractivity contribution in [1.29, 1.82) is 0 Å². The summed E-state index contributed by atoms with van der Waals surface area (Å²) in [4.78, 5) is 4.89. The Bertz CT molecular complexity index is 328. The van der Waals surface area contributed by atoms with Gasteiger partial charge in [-0.1, -0.05) is 19.3 Å². The molecule has 0 spiro atoms. The Morgan fingerprint density at radius 1 is 1.00 bits per heavy atom. The number of rotatable bonds is 8. The Morgan fingerprint density at radius 3 is 2.23 bits per heavy atom. The Labute approximate surface area is 142 Å². The van der Waals surface area contributed by atoms with Crippen molar-refractivity contribution in [2.24, 2.45) is 0 Å². The van der Waals surface area contributed by atoms with Crippen LogP contribution in [0.1, 0.15) is 38.5 Å². The van der Waals surface area contributed by atoms with Crippen LogP contribution in [0.4, 0.5) is 0 Å². The maximum Gasteiger partial charge on any atom is 0.500 e. The lowest BCUT2D eigenvalue weighted by Gasteiger charge is -2.32. The van der Waals surface area contributed by atoms with Crippen LogP contribution < -0.4 is 0 Å². The van der Waals surface area contributed by atoms with Gasteiger partial charge < -0.3 is 23.1 Å². The summed E-state index contributed by atoms with van der Waals surface area (Å²) in [5.74, 6) is 0. The van der Waals surface area contributed by atoms with Gasteiger partial charge in [0.1, 0.15) is 0 Å². The van der Waals surface area contributed by atoms with Crippen molar-refractivity contribution in [3.05, 3.63) is 12.4 Å². The zero-order valence-electron chi connectivity index (χ0n) is 14.1. The Hall–Kier alpha value is -0.273. The van der Waals surface area contributed by atoms with Gasteiger partial charge >= 0.3 is 8.80 Å². The fraction of sp³-hybridized carbons (Fsp3) is 0.867. The van der Waals surface area contributed by atoms with E-state index in [2.05, 4.69) is 22.2 Å². The van der Waals surface area contributed by atoms with Crippen LogP contribution >= 0.6 is 12.4 Å². The summed E-state index contributed by atoms with van der Waals surface area (Å²) < 4.78 is 16.4. The SMILES string of the molecule is CO[Si](CCCN1C=CN(C2CCCCC2)C1)(OC)OC.Cl. The molecule has 0 aromatic carbocycles. The Morgan fingerprint density at radius 2 is 1.64 bits per heavy atom. The van der Waals surface area contributed by atoms with Crippen LogP contribution in [0.5, 0.6) is 0 Å². The zero-order chi connectivity index (χ0) is 15.1. The van der Waals surface area contributed by atoms with Gasteiger partial charge in [0.05, 0.1) is 6.67 Å². The average molecular weight is 351 g/mol. The predicted octanol–water partition coefficient (Wildman–Crippen LogP) is 3.06. The van der Waals surface area contributed by atoms with Gasteiger partial charge in [0.2, 0.25) is 0 Å². The number of hydrogen-bond acceptors (Lipinski definition) is 5. The van der Waals surface area contributed by atoms with Crippen molar-refractivity contribution in [3.8, 4) is 0 Å².